The van der Waals surface area contributed by atoms with Crippen molar-refractivity contribution in [2.45, 2.75) is 20.4 Å². The molecule has 74 valence electrons. The number of rotatable bonds is 1. The van der Waals surface area contributed by atoms with E-state index in [-0.39, 0.29) is 0 Å². The molecule has 0 saturated heterocycles. The van der Waals surface area contributed by atoms with Crippen LogP contribution < -0.4 is 5.73 Å². The van der Waals surface area contributed by atoms with Gasteiger partial charge in [0.05, 0.1) is 11.2 Å². The highest BCUT2D eigenvalue weighted by Crippen LogP contribution is 2.10. The first kappa shape index (κ1) is 10.7. The molecule has 0 unspecified atom stereocenters. The second-order valence-corrected chi connectivity index (χ2v) is 2.70. The first-order valence-corrected chi connectivity index (χ1v) is 4.95. The van der Waals surface area contributed by atoms with E-state index in [1.807, 2.05) is 50.2 Å². The standard InChI is InChI=1S/C10H10N2.C2H6/c11-7-9-6-5-8-3-1-2-4-10(8)12-9;1-2/h1-6H,7,11H2;1-2H3. The zero-order valence-electron chi connectivity index (χ0n) is 8.70. The maximum absolute atomic E-state index is 5.48. The lowest BCUT2D eigenvalue weighted by atomic mass is 10.2. The van der Waals surface area contributed by atoms with Gasteiger partial charge in [-0.1, -0.05) is 38.1 Å². The summed E-state index contributed by atoms with van der Waals surface area (Å²) in [6.45, 7) is 4.50. The zero-order valence-corrected chi connectivity index (χ0v) is 8.70. The third kappa shape index (κ3) is 2.30. The summed E-state index contributed by atoms with van der Waals surface area (Å²) in [5.74, 6) is 0. The molecule has 0 amide bonds. The highest BCUT2D eigenvalue weighted by Gasteiger charge is 1.93. The Morgan fingerprint density at radius 2 is 1.79 bits per heavy atom. The topological polar surface area (TPSA) is 38.9 Å². The van der Waals surface area contributed by atoms with E-state index in [0.717, 1.165) is 16.6 Å². The summed E-state index contributed by atoms with van der Waals surface area (Å²) in [4.78, 5) is 4.37. The van der Waals surface area contributed by atoms with Crippen LogP contribution in [0.2, 0.25) is 0 Å². The monoisotopic (exact) mass is 188 g/mol. The summed E-state index contributed by atoms with van der Waals surface area (Å²) >= 11 is 0. The summed E-state index contributed by atoms with van der Waals surface area (Å²) in [6, 6.07) is 12.0. The number of aromatic nitrogens is 1. The molecule has 2 heteroatoms. The molecule has 0 saturated carbocycles. The minimum Gasteiger partial charge on any atom is -0.325 e. The Kier molecular flexibility index (Phi) is 4.08. The Labute approximate surface area is 84.8 Å². The van der Waals surface area contributed by atoms with Crippen LogP contribution in [0.4, 0.5) is 0 Å². The molecule has 2 aromatic rings. The summed E-state index contributed by atoms with van der Waals surface area (Å²) in [7, 11) is 0. The molecule has 2 rings (SSSR count). The average molecular weight is 188 g/mol. The van der Waals surface area contributed by atoms with Gasteiger partial charge in [0.25, 0.3) is 0 Å². The van der Waals surface area contributed by atoms with E-state index in [1.165, 1.54) is 0 Å². The molecular weight excluding hydrogens is 172 g/mol. The van der Waals surface area contributed by atoms with E-state index in [1.54, 1.807) is 0 Å². The Bertz CT molecular complexity index is 396. The Hall–Kier alpha value is -1.41. The van der Waals surface area contributed by atoms with Gasteiger partial charge in [-0.05, 0) is 12.1 Å². The Morgan fingerprint density at radius 1 is 1.07 bits per heavy atom. The number of hydrogen-bond acceptors (Lipinski definition) is 2. The van der Waals surface area contributed by atoms with Crippen molar-refractivity contribution in [3.05, 3.63) is 42.1 Å². The van der Waals surface area contributed by atoms with Gasteiger partial charge >= 0.3 is 0 Å². The van der Waals surface area contributed by atoms with Crippen LogP contribution in [0.15, 0.2) is 36.4 Å². The van der Waals surface area contributed by atoms with Crippen LogP contribution in [0.25, 0.3) is 10.9 Å². The average Bonchev–Trinajstić information content (AvgIpc) is 2.31. The molecule has 0 bridgehead atoms. The van der Waals surface area contributed by atoms with Crippen molar-refractivity contribution >= 4 is 10.9 Å². The van der Waals surface area contributed by atoms with E-state index in [2.05, 4.69) is 4.98 Å². The van der Waals surface area contributed by atoms with E-state index < -0.39 is 0 Å². The van der Waals surface area contributed by atoms with Gasteiger partial charge in [0.2, 0.25) is 0 Å². The number of fused-ring (bicyclic) bond motifs is 1. The summed E-state index contributed by atoms with van der Waals surface area (Å²) < 4.78 is 0. The fourth-order valence-electron chi connectivity index (χ4n) is 1.22. The SMILES string of the molecule is CC.NCc1ccc2ccccc2n1. The molecule has 0 aliphatic heterocycles. The molecule has 0 radical (unpaired) electrons. The van der Waals surface area contributed by atoms with Crippen LogP contribution >= 0.6 is 0 Å². The molecule has 0 spiro atoms. The lowest BCUT2D eigenvalue weighted by Gasteiger charge is -1.98. The van der Waals surface area contributed by atoms with Crippen molar-refractivity contribution in [2.75, 3.05) is 0 Å². The summed E-state index contributed by atoms with van der Waals surface area (Å²) in [6.07, 6.45) is 0. The number of benzene rings is 1. The van der Waals surface area contributed by atoms with Gasteiger partial charge in [-0.3, -0.25) is 4.98 Å². The Balaban J connectivity index is 0.000000461. The summed E-state index contributed by atoms with van der Waals surface area (Å²) in [5, 5.41) is 1.16. The molecule has 14 heavy (non-hydrogen) atoms. The second-order valence-electron chi connectivity index (χ2n) is 2.70. The summed E-state index contributed by atoms with van der Waals surface area (Å²) in [5.41, 5.74) is 7.43. The van der Waals surface area contributed by atoms with Crippen molar-refractivity contribution in [3.63, 3.8) is 0 Å². The third-order valence-corrected chi connectivity index (χ3v) is 1.87. The second kappa shape index (κ2) is 5.35. The molecular formula is C12H16N2. The van der Waals surface area contributed by atoms with Crippen molar-refractivity contribution in [1.82, 2.24) is 4.98 Å². The molecule has 1 heterocycles. The minimum atomic E-state index is 0.505. The van der Waals surface area contributed by atoms with E-state index in [9.17, 15) is 0 Å². The van der Waals surface area contributed by atoms with Gasteiger partial charge in [0.15, 0.2) is 0 Å². The number of nitrogens with zero attached hydrogens (tertiary/aromatic N) is 1. The molecule has 0 fully saturated rings. The quantitative estimate of drug-likeness (QED) is 0.747. The van der Waals surface area contributed by atoms with Crippen molar-refractivity contribution in [3.8, 4) is 0 Å². The first-order valence-electron chi connectivity index (χ1n) is 4.95. The molecule has 2 N–H and O–H groups in total. The van der Waals surface area contributed by atoms with Crippen LogP contribution in [0.1, 0.15) is 19.5 Å². The van der Waals surface area contributed by atoms with Crippen LogP contribution in [0, 0.1) is 0 Å². The number of hydrogen-bond donors (Lipinski definition) is 1. The van der Waals surface area contributed by atoms with Gasteiger partial charge in [-0.25, -0.2) is 0 Å². The van der Waals surface area contributed by atoms with Gasteiger partial charge in [0, 0.05) is 11.9 Å². The number of nitrogens with two attached hydrogens (primary N) is 1. The lowest BCUT2D eigenvalue weighted by molar-refractivity contribution is 1.01. The fraction of sp³-hybridized carbons (Fsp3) is 0.250. The van der Waals surface area contributed by atoms with Crippen LogP contribution in [0.5, 0.6) is 0 Å². The molecule has 1 aromatic heterocycles. The van der Waals surface area contributed by atoms with Crippen LogP contribution in [0.3, 0.4) is 0 Å². The predicted molar refractivity (Wildman–Crippen MR) is 61.0 cm³/mol. The number of para-hydroxylation sites is 1. The highest BCUT2D eigenvalue weighted by atomic mass is 14.7. The van der Waals surface area contributed by atoms with Crippen molar-refractivity contribution in [2.24, 2.45) is 5.73 Å². The fourth-order valence-corrected chi connectivity index (χ4v) is 1.22. The van der Waals surface area contributed by atoms with Gasteiger partial charge < -0.3 is 5.73 Å². The molecule has 0 atom stereocenters. The third-order valence-electron chi connectivity index (χ3n) is 1.87. The molecule has 1 aromatic carbocycles. The number of pyridine rings is 1. The van der Waals surface area contributed by atoms with Gasteiger partial charge in [-0.15, -0.1) is 0 Å². The van der Waals surface area contributed by atoms with E-state index >= 15 is 0 Å². The predicted octanol–water partition coefficient (Wildman–Crippen LogP) is 2.72. The Morgan fingerprint density at radius 3 is 2.50 bits per heavy atom. The van der Waals surface area contributed by atoms with Crippen molar-refractivity contribution < 1.29 is 0 Å². The molecule has 0 aliphatic carbocycles. The van der Waals surface area contributed by atoms with Crippen molar-refractivity contribution in [1.29, 1.82) is 0 Å². The van der Waals surface area contributed by atoms with Gasteiger partial charge in [0.1, 0.15) is 0 Å². The smallest absolute Gasteiger partial charge is 0.0705 e. The maximum Gasteiger partial charge on any atom is 0.0705 e. The highest BCUT2D eigenvalue weighted by molar-refractivity contribution is 5.78. The van der Waals surface area contributed by atoms with Crippen LogP contribution in [-0.2, 0) is 6.54 Å². The van der Waals surface area contributed by atoms with E-state index in [0.29, 0.717) is 6.54 Å². The van der Waals surface area contributed by atoms with Crippen LogP contribution in [-0.4, -0.2) is 4.98 Å². The molecule has 2 nitrogen and oxygen atoms in total. The first-order chi connectivity index (χ1) is 6.90. The minimum absolute atomic E-state index is 0.505. The maximum atomic E-state index is 5.48. The lowest BCUT2D eigenvalue weighted by Crippen LogP contribution is -1.98. The normalized spacial score (nSPS) is 9.36. The van der Waals surface area contributed by atoms with Gasteiger partial charge in [-0.2, -0.15) is 0 Å². The van der Waals surface area contributed by atoms with E-state index in [4.69, 9.17) is 5.73 Å². The molecule has 0 aliphatic rings. The zero-order chi connectivity index (χ0) is 10.4. The largest absolute Gasteiger partial charge is 0.325 e.